The van der Waals surface area contributed by atoms with Crippen LogP contribution in [-0.4, -0.2) is 36.5 Å². The summed E-state index contributed by atoms with van der Waals surface area (Å²) in [5.74, 6) is 3.15. The van der Waals surface area contributed by atoms with Crippen LogP contribution in [0.1, 0.15) is 68.2 Å². The van der Waals surface area contributed by atoms with Crippen LogP contribution in [0.2, 0.25) is 0 Å². The van der Waals surface area contributed by atoms with E-state index in [0.717, 1.165) is 12.0 Å². The number of fused-ring (bicyclic) bond motifs is 4. The van der Waals surface area contributed by atoms with Crippen molar-refractivity contribution >= 4 is 5.97 Å². The van der Waals surface area contributed by atoms with E-state index >= 15 is 0 Å². The average Bonchev–Trinajstić information content (AvgIpc) is 3.54. The second-order valence-electron chi connectivity index (χ2n) is 13.0. The summed E-state index contributed by atoms with van der Waals surface area (Å²) in [5.41, 5.74) is 2.00. The predicted octanol–water partition coefficient (Wildman–Crippen LogP) is 5.01. The van der Waals surface area contributed by atoms with Gasteiger partial charge in [0.2, 0.25) is 0 Å². The van der Waals surface area contributed by atoms with Crippen molar-refractivity contribution in [2.75, 3.05) is 13.2 Å². The quantitative estimate of drug-likeness (QED) is 0.468. The van der Waals surface area contributed by atoms with E-state index in [1.54, 1.807) is 0 Å². The Balaban J connectivity index is 1.51. The number of rotatable bonds is 3. The number of esters is 1. The van der Waals surface area contributed by atoms with Crippen molar-refractivity contribution in [2.24, 2.45) is 52.3 Å². The van der Waals surface area contributed by atoms with Crippen molar-refractivity contribution in [1.29, 1.82) is 0 Å². The Kier molecular flexibility index (Phi) is 3.87. The molecule has 3 aliphatic heterocycles. The molecular formula is C27H40O4. The predicted molar refractivity (Wildman–Crippen MR) is 118 cm³/mol. The molecule has 6 rings (SSSR count). The standard InChI is InChI=1S/C27H40O4/c1-13(2)16-9-24(7)19(17-11-29-23(28)20(16)17)12-30-25(8)21(14(3)4)26(15(5)6)10-18(26)22-27(24,25)31-22/h13-16,18-19,21-22H,9-12H2,1-8H3/t16?,18-,19-,21?,22-,24-,25+,26+,27+/m0/s1. The Morgan fingerprint density at radius 3 is 2.32 bits per heavy atom. The molecule has 1 spiro atoms. The Morgan fingerprint density at radius 2 is 1.71 bits per heavy atom. The Hall–Kier alpha value is -0.870. The molecule has 31 heavy (non-hydrogen) atoms. The molecule has 3 heterocycles. The van der Waals surface area contributed by atoms with Crippen molar-refractivity contribution in [1.82, 2.24) is 0 Å². The van der Waals surface area contributed by atoms with Crippen LogP contribution < -0.4 is 0 Å². The number of hydrogen-bond donors (Lipinski definition) is 0. The number of epoxide rings is 1. The lowest BCUT2D eigenvalue weighted by atomic mass is 9.44. The van der Waals surface area contributed by atoms with Crippen LogP contribution in [0.15, 0.2) is 11.1 Å². The highest BCUT2D eigenvalue weighted by atomic mass is 16.7. The van der Waals surface area contributed by atoms with E-state index in [-0.39, 0.29) is 34.4 Å². The minimum atomic E-state index is -0.280. The van der Waals surface area contributed by atoms with Crippen LogP contribution in [0.25, 0.3) is 0 Å². The van der Waals surface area contributed by atoms with Gasteiger partial charge in [0.05, 0.1) is 12.7 Å². The van der Waals surface area contributed by atoms with Crippen molar-refractivity contribution in [3.63, 3.8) is 0 Å². The second kappa shape index (κ2) is 5.78. The van der Waals surface area contributed by atoms with Crippen LogP contribution >= 0.6 is 0 Å². The highest BCUT2D eigenvalue weighted by Crippen LogP contribution is 2.84. The molecule has 2 unspecified atom stereocenters. The first-order valence-corrected chi connectivity index (χ1v) is 12.7. The zero-order valence-corrected chi connectivity index (χ0v) is 20.6. The third-order valence-corrected chi connectivity index (χ3v) is 11.1. The van der Waals surface area contributed by atoms with Crippen LogP contribution in [0.5, 0.6) is 0 Å². The molecular weight excluding hydrogens is 388 g/mol. The first kappa shape index (κ1) is 20.7. The molecule has 0 N–H and O–H groups in total. The van der Waals surface area contributed by atoms with Gasteiger partial charge in [-0.15, -0.1) is 0 Å². The maximum Gasteiger partial charge on any atom is 0.334 e. The fraction of sp³-hybridized carbons (Fsp3) is 0.889. The summed E-state index contributed by atoms with van der Waals surface area (Å²) in [7, 11) is 0. The van der Waals surface area contributed by atoms with Gasteiger partial charge in [0, 0.05) is 16.9 Å². The molecule has 6 aliphatic rings. The first-order valence-electron chi connectivity index (χ1n) is 12.7. The van der Waals surface area contributed by atoms with Crippen molar-refractivity contribution in [2.45, 2.75) is 85.5 Å². The number of hydrogen-bond acceptors (Lipinski definition) is 4. The molecule has 0 radical (unpaired) electrons. The Labute approximate surface area is 187 Å². The SMILES string of the molecule is CC(C)C1C[C@@]2(C)[C@@H](CO[C@]3(C)C(C(C)C)[C@@]4(C(C)C)C[C@H]4[C@@H]4O[C@]423)C2=C1C(=O)OC2. The smallest absolute Gasteiger partial charge is 0.334 e. The minimum absolute atomic E-state index is 0.0225. The van der Waals surface area contributed by atoms with Gasteiger partial charge in [-0.2, -0.15) is 0 Å². The van der Waals surface area contributed by atoms with E-state index in [0.29, 0.717) is 54.3 Å². The lowest BCUT2D eigenvalue weighted by Crippen LogP contribution is -2.72. The topological polar surface area (TPSA) is 48.1 Å². The largest absolute Gasteiger partial charge is 0.458 e. The van der Waals surface area contributed by atoms with E-state index in [1.807, 2.05) is 0 Å². The molecule has 4 fully saturated rings. The molecule has 3 aliphatic carbocycles. The van der Waals surface area contributed by atoms with Gasteiger partial charge in [-0.05, 0) is 66.3 Å². The summed E-state index contributed by atoms with van der Waals surface area (Å²) in [6, 6.07) is 0. The summed E-state index contributed by atoms with van der Waals surface area (Å²) < 4.78 is 19.6. The number of ether oxygens (including phenoxy) is 3. The van der Waals surface area contributed by atoms with E-state index in [2.05, 4.69) is 55.4 Å². The fourth-order valence-corrected chi connectivity index (χ4v) is 9.96. The van der Waals surface area contributed by atoms with Crippen LogP contribution in [0, 0.1) is 52.3 Å². The Bertz CT molecular complexity index is 888. The van der Waals surface area contributed by atoms with Crippen molar-refractivity contribution in [3.05, 3.63) is 11.1 Å². The summed E-state index contributed by atoms with van der Waals surface area (Å²) in [5, 5.41) is 0. The van der Waals surface area contributed by atoms with Gasteiger partial charge >= 0.3 is 5.97 Å². The molecule has 172 valence electrons. The zero-order chi connectivity index (χ0) is 22.3. The van der Waals surface area contributed by atoms with Crippen molar-refractivity contribution < 1.29 is 19.0 Å². The highest BCUT2D eigenvalue weighted by Gasteiger charge is 2.92. The first-order chi connectivity index (χ1) is 14.5. The monoisotopic (exact) mass is 428 g/mol. The van der Waals surface area contributed by atoms with Crippen LogP contribution in [0.4, 0.5) is 0 Å². The van der Waals surface area contributed by atoms with Gasteiger partial charge in [0.25, 0.3) is 0 Å². The van der Waals surface area contributed by atoms with E-state index < -0.39 is 0 Å². The molecule has 4 nitrogen and oxygen atoms in total. The minimum Gasteiger partial charge on any atom is -0.458 e. The second-order valence-corrected chi connectivity index (χ2v) is 13.0. The zero-order valence-electron chi connectivity index (χ0n) is 20.6. The lowest BCUT2D eigenvalue weighted by Gasteiger charge is -2.63. The molecule has 0 amide bonds. The summed E-state index contributed by atoms with van der Waals surface area (Å²) in [6.45, 7) is 20.1. The van der Waals surface area contributed by atoms with Gasteiger partial charge in [-0.25, -0.2) is 4.79 Å². The average molecular weight is 429 g/mol. The van der Waals surface area contributed by atoms with Gasteiger partial charge in [0.1, 0.15) is 17.8 Å². The molecule has 0 aromatic carbocycles. The normalized spacial score (nSPS) is 54.3. The summed E-state index contributed by atoms with van der Waals surface area (Å²) in [6.07, 6.45) is 2.59. The van der Waals surface area contributed by atoms with Gasteiger partial charge in [0.15, 0.2) is 0 Å². The molecule has 9 atom stereocenters. The lowest BCUT2D eigenvalue weighted by molar-refractivity contribution is -0.252. The molecule has 2 saturated heterocycles. The maximum absolute atomic E-state index is 12.7. The number of cyclic esters (lactones) is 1. The number of carbonyl (C=O) groups is 1. The fourth-order valence-electron chi connectivity index (χ4n) is 9.96. The van der Waals surface area contributed by atoms with E-state index in [9.17, 15) is 4.79 Å². The van der Waals surface area contributed by atoms with Crippen LogP contribution in [-0.2, 0) is 19.0 Å². The van der Waals surface area contributed by atoms with Gasteiger partial charge in [-0.3, -0.25) is 0 Å². The maximum atomic E-state index is 12.7. The molecule has 4 heteroatoms. The molecule has 2 saturated carbocycles. The Morgan fingerprint density at radius 1 is 1.00 bits per heavy atom. The highest BCUT2D eigenvalue weighted by molar-refractivity contribution is 5.93. The number of carbonyl (C=O) groups excluding carboxylic acids is 1. The third kappa shape index (κ3) is 2.02. The summed E-state index contributed by atoms with van der Waals surface area (Å²) in [4.78, 5) is 12.7. The van der Waals surface area contributed by atoms with E-state index in [1.165, 1.54) is 12.0 Å². The third-order valence-electron chi connectivity index (χ3n) is 11.1. The van der Waals surface area contributed by atoms with Gasteiger partial charge in [-0.1, -0.05) is 48.5 Å². The van der Waals surface area contributed by atoms with Gasteiger partial charge < -0.3 is 14.2 Å². The molecule has 0 aromatic heterocycles. The summed E-state index contributed by atoms with van der Waals surface area (Å²) >= 11 is 0. The van der Waals surface area contributed by atoms with Crippen molar-refractivity contribution in [3.8, 4) is 0 Å². The molecule has 0 bridgehead atoms. The van der Waals surface area contributed by atoms with Crippen LogP contribution in [0.3, 0.4) is 0 Å². The van der Waals surface area contributed by atoms with E-state index in [4.69, 9.17) is 14.2 Å². The molecule has 0 aromatic rings.